The summed E-state index contributed by atoms with van der Waals surface area (Å²) in [4.78, 5) is 0. The quantitative estimate of drug-likeness (QED) is 0.644. The van der Waals surface area contributed by atoms with Gasteiger partial charge in [0.15, 0.2) is 0 Å². The molecule has 0 fully saturated rings. The second-order valence-electron chi connectivity index (χ2n) is 5.76. The van der Waals surface area contributed by atoms with Gasteiger partial charge in [0.2, 0.25) is 0 Å². The first kappa shape index (κ1) is 19.0. The van der Waals surface area contributed by atoms with Crippen LogP contribution in [-0.2, 0) is 0 Å². The molecule has 2 aromatic carbocycles. The Morgan fingerprint density at radius 3 is 2.22 bits per heavy atom. The lowest BCUT2D eigenvalue weighted by Crippen LogP contribution is -2.11. The van der Waals surface area contributed by atoms with Crippen molar-refractivity contribution in [1.29, 1.82) is 0 Å². The van der Waals surface area contributed by atoms with Crippen LogP contribution in [0.3, 0.4) is 0 Å². The summed E-state index contributed by atoms with van der Waals surface area (Å²) in [5.74, 6) is 0.558. The van der Waals surface area contributed by atoms with Crippen molar-refractivity contribution in [2.45, 2.75) is 47.0 Å². The minimum Gasteiger partial charge on any atom is -0.385 e. The Morgan fingerprint density at radius 1 is 1.00 bits per heavy atom. The van der Waals surface area contributed by atoms with Gasteiger partial charge in [-0.25, -0.2) is 0 Å². The molecule has 2 aromatic rings. The van der Waals surface area contributed by atoms with E-state index in [1.165, 1.54) is 16.7 Å². The van der Waals surface area contributed by atoms with Crippen LogP contribution in [0.2, 0.25) is 0 Å². The van der Waals surface area contributed by atoms with Crippen LogP contribution >= 0.6 is 0 Å². The molecule has 0 spiro atoms. The van der Waals surface area contributed by atoms with Crippen molar-refractivity contribution >= 4 is 5.70 Å². The van der Waals surface area contributed by atoms with Crippen molar-refractivity contribution in [3.05, 3.63) is 66.2 Å². The average Bonchev–Trinajstić information content (AvgIpc) is 2.61. The Balaban J connectivity index is 0.00000127. The summed E-state index contributed by atoms with van der Waals surface area (Å²) in [5, 5.41) is 3.34. The largest absolute Gasteiger partial charge is 0.385 e. The molecule has 2 rings (SSSR count). The normalized spacial score (nSPS) is 10.0. The number of nitrogens with one attached hydrogen (secondary N) is 1. The lowest BCUT2D eigenvalue weighted by Gasteiger charge is -2.11. The zero-order valence-electron chi connectivity index (χ0n) is 15.3. The van der Waals surface area contributed by atoms with Gasteiger partial charge in [-0.15, -0.1) is 0 Å². The molecule has 23 heavy (non-hydrogen) atoms. The lowest BCUT2D eigenvalue weighted by molar-refractivity contribution is 0.825. The Kier molecular flexibility index (Phi) is 8.18. The van der Waals surface area contributed by atoms with Crippen molar-refractivity contribution in [3.63, 3.8) is 0 Å². The molecule has 1 heteroatoms. The Bertz CT molecular complexity index is 594. The monoisotopic (exact) mass is 309 g/mol. The highest BCUT2D eigenvalue weighted by atomic mass is 14.9. The van der Waals surface area contributed by atoms with Crippen LogP contribution in [0.5, 0.6) is 0 Å². The Morgan fingerprint density at radius 2 is 1.65 bits per heavy atom. The van der Waals surface area contributed by atoms with E-state index in [-0.39, 0.29) is 0 Å². The van der Waals surface area contributed by atoms with E-state index in [1.807, 2.05) is 13.8 Å². The Labute approximate surface area is 142 Å². The van der Waals surface area contributed by atoms with Gasteiger partial charge in [-0.05, 0) is 34.6 Å². The molecule has 0 radical (unpaired) electrons. The maximum absolute atomic E-state index is 4.09. The minimum absolute atomic E-state index is 0.558. The molecule has 0 aliphatic rings. The molecule has 0 heterocycles. The van der Waals surface area contributed by atoms with Crippen molar-refractivity contribution < 1.29 is 0 Å². The zero-order valence-corrected chi connectivity index (χ0v) is 15.3. The fourth-order valence-corrected chi connectivity index (χ4v) is 2.32. The molecule has 0 aliphatic heterocycles. The van der Waals surface area contributed by atoms with Crippen LogP contribution in [0.4, 0.5) is 0 Å². The molecule has 0 saturated carbocycles. The van der Waals surface area contributed by atoms with Gasteiger partial charge in [0.1, 0.15) is 0 Å². The van der Waals surface area contributed by atoms with E-state index in [0.29, 0.717) is 5.92 Å². The number of hydrogen-bond acceptors (Lipinski definition) is 1. The third-order valence-electron chi connectivity index (χ3n) is 3.71. The molecular weight excluding hydrogens is 278 g/mol. The molecule has 0 amide bonds. The molecule has 0 atom stereocenters. The lowest BCUT2D eigenvalue weighted by atomic mass is 9.97. The zero-order chi connectivity index (χ0) is 17.2. The van der Waals surface area contributed by atoms with E-state index in [1.54, 1.807) is 0 Å². The van der Waals surface area contributed by atoms with Gasteiger partial charge >= 0.3 is 0 Å². The molecule has 1 N–H and O–H groups in total. The summed E-state index contributed by atoms with van der Waals surface area (Å²) in [6.45, 7) is 15.7. The molecule has 0 aromatic heterocycles. The summed E-state index contributed by atoms with van der Waals surface area (Å²) in [5.41, 5.74) is 6.07. The van der Waals surface area contributed by atoms with E-state index in [2.05, 4.69) is 81.2 Å². The summed E-state index contributed by atoms with van der Waals surface area (Å²) < 4.78 is 0. The molecule has 0 bridgehead atoms. The second-order valence-corrected chi connectivity index (χ2v) is 5.76. The van der Waals surface area contributed by atoms with E-state index in [9.17, 15) is 0 Å². The first-order valence-electron chi connectivity index (χ1n) is 8.75. The predicted molar refractivity (Wildman–Crippen MR) is 105 cm³/mol. The van der Waals surface area contributed by atoms with Gasteiger partial charge in [-0.2, -0.15) is 0 Å². The highest BCUT2D eigenvalue weighted by Gasteiger charge is 2.03. The van der Waals surface area contributed by atoms with Gasteiger partial charge in [-0.1, -0.05) is 89.7 Å². The highest BCUT2D eigenvalue weighted by Crippen LogP contribution is 2.25. The Hall–Kier alpha value is -2.02. The second kappa shape index (κ2) is 9.89. The fraction of sp³-hybridized carbons (Fsp3) is 0.364. The van der Waals surface area contributed by atoms with Crippen LogP contribution in [-0.4, -0.2) is 6.54 Å². The van der Waals surface area contributed by atoms with Crippen molar-refractivity contribution in [1.82, 2.24) is 5.32 Å². The topological polar surface area (TPSA) is 12.0 Å². The summed E-state index contributed by atoms with van der Waals surface area (Å²) in [7, 11) is 0. The van der Waals surface area contributed by atoms with Crippen LogP contribution < -0.4 is 5.32 Å². The molecule has 124 valence electrons. The van der Waals surface area contributed by atoms with E-state index in [0.717, 1.165) is 24.2 Å². The number of benzene rings is 2. The van der Waals surface area contributed by atoms with E-state index in [4.69, 9.17) is 0 Å². The van der Waals surface area contributed by atoms with Crippen LogP contribution in [0.15, 0.2) is 55.1 Å². The number of rotatable bonds is 6. The van der Waals surface area contributed by atoms with Gasteiger partial charge in [0, 0.05) is 12.2 Å². The van der Waals surface area contributed by atoms with Gasteiger partial charge in [-0.3, -0.25) is 0 Å². The van der Waals surface area contributed by atoms with Crippen molar-refractivity contribution in [2.24, 2.45) is 0 Å². The van der Waals surface area contributed by atoms with Gasteiger partial charge < -0.3 is 5.32 Å². The van der Waals surface area contributed by atoms with Gasteiger partial charge in [0.25, 0.3) is 0 Å². The van der Waals surface area contributed by atoms with Gasteiger partial charge in [0.05, 0.1) is 0 Å². The predicted octanol–water partition coefficient (Wildman–Crippen LogP) is 6.47. The molecule has 0 unspecified atom stereocenters. The minimum atomic E-state index is 0.558. The average molecular weight is 309 g/mol. The number of hydrogen-bond donors (Lipinski definition) is 1. The molecule has 1 nitrogen and oxygen atoms in total. The third kappa shape index (κ3) is 5.59. The van der Waals surface area contributed by atoms with Crippen molar-refractivity contribution in [2.75, 3.05) is 6.54 Å². The SMILES string of the molecule is C=C(NCCC)c1ccc(-c2cccc(C(C)C)c2)cc1.CC. The third-order valence-corrected chi connectivity index (χ3v) is 3.71. The molecular formula is C22H31N. The maximum atomic E-state index is 4.09. The standard InChI is InChI=1S/C20H25N.C2H6/c1-5-13-21-16(4)17-9-11-18(12-10-17)20-8-6-7-19(14-20)15(2)3;1-2/h6-12,14-15,21H,4-5,13H2,1-3H3;1-2H3. The summed E-state index contributed by atoms with van der Waals surface area (Å²) in [6.07, 6.45) is 1.11. The van der Waals surface area contributed by atoms with Crippen molar-refractivity contribution in [3.8, 4) is 11.1 Å². The maximum Gasteiger partial charge on any atom is 0.0340 e. The van der Waals surface area contributed by atoms with Crippen LogP contribution in [0, 0.1) is 0 Å². The fourth-order valence-electron chi connectivity index (χ4n) is 2.32. The van der Waals surface area contributed by atoms with E-state index < -0.39 is 0 Å². The highest BCUT2D eigenvalue weighted by molar-refractivity contribution is 5.69. The summed E-state index contributed by atoms with van der Waals surface area (Å²) in [6, 6.07) is 17.4. The smallest absolute Gasteiger partial charge is 0.0340 e. The molecule has 0 aliphatic carbocycles. The molecule has 0 saturated heterocycles. The van der Waals surface area contributed by atoms with E-state index >= 15 is 0 Å². The van der Waals surface area contributed by atoms with Crippen LogP contribution in [0.25, 0.3) is 16.8 Å². The van der Waals surface area contributed by atoms with Crippen LogP contribution in [0.1, 0.15) is 58.1 Å². The first-order valence-corrected chi connectivity index (χ1v) is 8.75. The summed E-state index contributed by atoms with van der Waals surface area (Å²) >= 11 is 0. The first-order chi connectivity index (χ1) is 11.1.